The normalized spacial score (nSPS) is 12.2. The van der Waals surface area contributed by atoms with Crippen LogP contribution in [0.1, 0.15) is 67.7 Å². The van der Waals surface area contributed by atoms with E-state index in [2.05, 4.69) is 6.58 Å². The van der Waals surface area contributed by atoms with Gasteiger partial charge in [0.15, 0.2) is 18.2 Å². The molecule has 0 aromatic carbocycles. The van der Waals surface area contributed by atoms with Gasteiger partial charge in [0.05, 0.1) is 29.1 Å². The van der Waals surface area contributed by atoms with E-state index in [1.807, 2.05) is 34.6 Å². The standard InChI is InChI=1S/C27H41N3O6S/c1-9-12-26(5,6)23(32)35-17-28-14-11-20-21(28)22(31)30(18-36-24(33)27(7,8)13-10-2)25(37)29(20)15-16-34-19(3)4/h10-11,14,19H,2,9,12-13,15-18H2,1,3-8H3. The third kappa shape index (κ3) is 7.41. The Morgan fingerprint density at radius 3 is 2.30 bits per heavy atom. The molecule has 0 saturated carbocycles. The van der Waals surface area contributed by atoms with Gasteiger partial charge in [0, 0.05) is 12.7 Å². The number of nitrogens with zero attached hydrogens (tertiary/aromatic N) is 3. The first kappa shape index (κ1) is 30.5. The maximum Gasteiger partial charge on any atom is 0.313 e. The van der Waals surface area contributed by atoms with Crippen LogP contribution in [-0.4, -0.2) is 38.4 Å². The van der Waals surface area contributed by atoms with Crippen LogP contribution in [0.3, 0.4) is 0 Å². The largest absolute Gasteiger partial charge is 0.443 e. The number of carbonyl (C=O) groups excluding carboxylic acids is 2. The van der Waals surface area contributed by atoms with Crippen molar-refractivity contribution in [3.63, 3.8) is 0 Å². The number of hydrogen-bond acceptors (Lipinski definition) is 7. The van der Waals surface area contributed by atoms with Crippen molar-refractivity contribution >= 4 is 35.2 Å². The summed E-state index contributed by atoms with van der Waals surface area (Å²) in [6.07, 6.45) is 5.32. The van der Waals surface area contributed by atoms with Gasteiger partial charge in [-0.05, 0) is 72.7 Å². The van der Waals surface area contributed by atoms with E-state index in [-0.39, 0.29) is 30.3 Å². The smallest absolute Gasteiger partial charge is 0.313 e. The Bertz CT molecular complexity index is 1240. The van der Waals surface area contributed by atoms with Crippen molar-refractivity contribution < 1.29 is 23.8 Å². The van der Waals surface area contributed by atoms with E-state index >= 15 is 0 Å². The van der Waals surface area contributed by atoms with Gasteiger partial charge in [-0.15, -0.1) is 6.58 Å². The predicted octanol–water partition coefficient (Wildman–Crippen LogP) is 5.19. The number of fused-ring (bicyclic) bond motifs is 1. The number of allylic oxidation sites excluding steroid dienone is 1. The summed E-state index contributed by atoms with van der Waals surface area (Å²) >= 11 is 5.64. The molecule has 9 nitrogen and oxygen atoms in total. The molecule has 0 saturated heterocycles. The Hall–Kier alpha value is -2.72. The highest BCUT2D eigenvalue weighted by molar-refractivity contribution is 7.71. The zero-order valence-electron chi connectivity index (χ0n) is 23.2. The van der Waals surface area contributed by atoms with Crippen LogP contribution >= 0.6 is 12.2 Å². The fourth-order valence-electron chi connectivity index (χ4n) is 4.01. The zero-order valence-corrected chi connectivity index (χ0v) is 24.0. The molecule has 0 aliphatic rings. The van der Waals surface area contributed by atoms with Crippen LogP contribution in [0.5, 0.6) is 0 Å². The molecule has 206 valence electrons. The number of rotatable bonds is 14. The summed E-state index contributed by atoms with van der Waals surface area (Å²) < 4.78 is 21.6. The zero-order chi connectivity index (χ0) is 28.0. The molecule has 2 aromatic heterocycles. The molecule has 0 fully saturated rings. The minimum atomic E-state index is -0.794. The van der Waals surface area contributed by atoms with Crippen molar-refractivity contribution in [3.8, 4) is 0 Å². The minimum Gasteiger partial charge on any atom is -0.443 e. The highest BCUT2D eigenvalue weighted by Gasteiger charge is 2.29. The Morgan fingerprint density at radius 1 is 1.08 bits per heavy atom. The summed E-state index contributed by atoms with van der Waals surface area (Å²) in [5.41, 5.74) is -0.991. The molecule has 0 amide bonds. The molecule has 0 unspecified atom stereocenters. The molecule has 37 heavy (non-hydrogen) atoms. The van der Waals surface area contributed by atoms with E-state index in [1.165, 1.54) is 4.57 Å². The van der Waals surface area contributed by atoms with E-state index < -0.39 is 22.4 Å². The van der Waals surface area contributed by atoms with Gasteiger partial charge >= 0.3 is 11.9 Å². The summed E-state index contributed by atoms with van der Waals surface area (Å²) in [6, 6.07) is 1.76. The van der Waals surface area contributed by atoms with Crippen molar-refractivity contribution in [3.05, 3.63) is 40.0 Å². The molecule has 0 aliphatic heterocycles. The SMILES string of the molecule is C=CCC(C)(C)C(=O)OCn1c(=O)c2c(ccn2COC(=O)C(C)(C)CCC)n(CCOC(C)C)c1=S. The second kappa shape index (κ2) is 12.7. The quantitative estimate of drug-likeness (QED) is 0.187. The first-order valence-electron chi connectivity index (χ1n) is 12.7. The second-order valence-corrected chi connectivity index (χ2v) is 11.1. The van der Waals surface area contributed by atoms with Crippen molar-refractivity contribution in [2.24, 2.45) is 10.8 Å². The topological polar surface area (TPSA) is 93.7 Å². The number of ether oxygens (including phenoxy) is 3. The van der Waals surface area contributed by atoms with Crippen molar-refractivity contribution in [1.29, 1.82) is 0 Å². The van der Waals surface area contributed by atoms with Crippen LogP contribution in [0.4, 0.5) is 0 Å². The summed E-state index contributed by atoms with van der Waals surface area (Å²) in [7, 11) is 0. The molecule has 0 N–H and O–H groups in total. The van der Waals surface area contributed by atoms with Gasteiger partial charge in [-0.2, -0.15) is 0 Å². The Labute approximate surface area is 224 Å². The molecule has 2 rings (SSSR count). The average molecular weight is 536 g/mol. The van der Waals surface area contributed by atoms with Crippen molar-refractivity contribution in [2.45, 2.75) is 93.8 Å². The molecule has 2 heterocycles. The van der Waals surface area contributed by atoms with Gasteiger partial charge in [-0.1, -0.05) is 19.4 Å². The lowest BCUT2D eigenvalue weighted by Crippen LogP contribution is -2.33. The van der Waals surface area contributed by atoms with Gasteiger partial charge in [-0.25, -0.2) is 4.57 Å². The first-order chi connectivity index (χ1) is 17.3. The maximum absolute atomic E-state index is 13.6. The number of aromatic nitrogens is 3. The molecule has 0 radical (unpaired) electrons. The van der Waals surface area contributed by atoms with E-state index in [1.54, 1.807) is 41.3 Å². The van der Waals surface area contributed by atoms with Crippen molar-refractivity contribution in [1.82, 2.24) is 13.7 Å². The van der Waals surface area contributed by atoms with Gasteiger partial charge in [-0.3, -0.25) is 14.4 Å². The van der Waals surface area contributed by atoms with Crippen LogP contribution in [0.2, 0.25) is 0 Å². The average Bonchev–Trinajstić information content (AvgIpc) is 3.23. The van der Waals surface area contributed by atoms with Gasteiger partial charge in [0.25, 0.3) is 5.56 Å². The second-order valence-electron chi connectivity index (χ2n) is 10.7. The Morgan fingerprint density at radius 2 is 1.70 bits per heavy atom. The number of carbonyl (C=O) groups is 2. The highest BCUT2D eigenvalue weighted by Crippen LogP contribution is 2.25. The number of esters is 2. The molecule has 0 atom stereocenters. The molecule has 0 bridgehead atoms. The third-order valence-electron chi connectivity index (χ3n) is 6.20. The summed E-state index contributed by atoms with van der Waals surface area (Å²) in [6.45, 7) is 17.0. The van der Waals surface area contributed by atoms with E-state index in [9.17, 15) is 14.4 Å². The predicted molar refractivity (Wildman–Crippen MR) is 146 cm³/mol. The Balaban J connectivity index is 2.48. The van der Waals surface area contributed by atoms with Gasteiger partial charge in [0.2, 0.25) is 0 Å². The number of hydrogen-bond donors (Lipinski definition) is 0. The molecule has 0 spiro atoms. The van der Waals surface area contributed by atoms with Crippen LogP contribution in [0.25, 0.3) is 11.0 Å². The monoisotopic (exact) mass is 535 g/mol. The van der Waals surface area contributed by atoms with E-state index in [0.717, 1.165) is 6.42 Å². The van der Waals surface area contributed by atoms with Crippen LogP contribution < -0.4 is 5.56 Å². The van der Waals surface area contributed by atoms with E-state index in [0.29, 0.717) is 37.0 Å². The van der Waals surface area contributed by atoms with Crippen LogP contribution in [0, 0.1) is 15.6 Å². The van der Waals surface area contributed by atoms with Crippen LogP contribution in [-0.2, 0) is 43.8 Å². The summed E-state index contributed by atoms with van der Waals surface area (Å²) in [5.74, 6) is -0.807. The van der Waals surface area contributed by atoms with E-state index in [4.69, 9.17) is 26.4 Å². The lowest BCUT2D eigenvalue weighted by molar-refractivity contribution is -0.159. The lowest BCUT2D eigenvalue weighted by atomic mass is 9.88. The highest BCUT2D eigenvalue weighted by atomic mass is 32.1. The summed E-state index contributed by atoms with van der Waals surface area (Å²) in [5, 5.41) is 0. The van der Waals surface area contributed by atoms with Gasteiger partial charge in [0.1, 0.15) is 5.52 Å². The Kier molecular flexibility index (Phi) is 10.5. The van der Waals surface area contributed by atoms with Crippen LogP contribution in [0.15, 0.2) is 29.7 Å². The molecule has 2 aromatic rings. The molecule has 10 heteroatoms. The summed E-state index contributed by atoms with van der Waals surface area (Å²) in [4.78, 5) is 38.9. The van der Waals surface area contributed by atoms with Gasteiger partial charge < -0.3 is 23.3 Å². The molecule has 0 aliphatic carbocycles. The fourth-order valence-corrected chi connectivity index (χ4v) is 4.33. The van der Waals surface area contributed by atoms with Crippen molar-refractivity contribution in [2.75, 3.05) is 6.61 Å². The molecular formula is C27H41N3O6S. The third-order valence-corrected chi connectivity index (χ3v) is 6.64. The minimum absolute atomic E-state index is 0.0269. The maximum atomic E-state index is 13.6. The lowest BCUT2D eigenvalue weighted by Gasteiger charge is -2.22. The fraction of sp³-hybridized carbons (Fsp3) is 0.630. The molecular weight excluding hydrogens is 494 g/mol. The first-order valence-corrected chi connectivity index (χ1v) is 13.1.